The monoisotopic (exact) mass is 1650 g/mol. The van der Waals surface area contributed by atoms with Crippen molar-refractivity contribution < 1.29 is 66.7 Å². The first kappa shape index (κ1) is 105. The summed E-state index contributed by atoms with van der Waals surface area (Å²) in [6, 6.07) is 26.5. The van der Waals surface area contributed by atoms with Crippen LogP contribution < -0.4 is 0 Å². The minimum Gasteiger partial charge on any atom is -0.479 e. The number of thiocarbonyl (C=S) groups is 3. The Labute approximate surface area is 698 Å². The van der Waals surface area contributed by atoms with Gasteiger partial charge in [-0.25, -0.2) is 19.2 Å². The third-order valence-corrected chi connectivity index (χ3v) is 22.2. The number of rotatable bonds is 54. The van der Waals surface area contributed by atoms with Crippen molar-refractivity contribution in [3.8, 4) is 6.07 Å². The lowest BCUT2D eigenvalue weighted by atomic mass is 9.70. The van der Waals surface area contributed by atoms with Crippen molar-refractivity contribution in [1.29, 1.82) is 5.26 Å². The molecule has 0 spiro atoms. The molecule has 0 bridgehead atoms. The molecule has 0 saturated carbocycles. The van der Waals surface area contributed by atoms with Gasteiger partial charge in [0.1, 0.15) is 18.5 Å². The quantitative estimate of drug-likeness (QED) is 0.0170. The summed E-state index contributed by atoms with van der Waals surface area (Å²) in [5.41, 5.74) is 2.66. The molecular formula is C90H137NO14S6. The Morgan fingerprint density at radius 2 is 0.892 bits per heavy atom. The van der Waals surface area contributed by atoms with Crippen LogP contribution in [0.2, 0.25) is 0 Å². The largest absolute Gasteiger partial charge is 0.479 e. The van der Waals surface area contributed by atoms with E-state index in [0.29, 0.717) is 99.2 Å². The maximum atomic E-state index is 14.3. The number of unbranched alkanes of at least 4 members (excludes halogenated alkanes) is 12. The Hall–Kier alpha value is -5.89. The van der Waals surface area contributed by atoms with Gasteiger partial charge in [-0.05, 0) is 177 Å². The van der Waals surface area contributed by atoms with Gasteiger partial charge in [-0.2, -0.15) is 5.26 Å². The van der Waals surface area contributed by atoms with Crippen molar-refractivity contribution in [2.24, 2.45) is 22.7 Å². The van der Waals surface area contributed by atoms with Crippen LogP contribution in [0, 0.1) is 34.0 Å². The predicted molar refractivity (Wildman–Crippen MR) is 476 cm³/mol. The normalized spacial score (nSPS) is 12.4. The Balaban J connectivity index is 0.00000198. The fourth-order valence-corrected chi connectivity index (χ4v) is 14.9. The topological polar surface area (TPSA) is 200 Å². The summed E-state index contributed by atoms with van der Waals surface area (Å²) in [4.78, 5) is 74.9. The summed E-state index contributed by atoms with van der Waals surface area (Å²) in [6.45, 7) is 39.5. The summed E-state index contributed by atoms with van der Waals surface area (Å²) < 4.78 is 44.2. The Kier molecular flexibility index (Phi) is 62.9. The standard InChI is InChI=1S/C50H73NO7S4.C23H36O2.C9H14O3S2.C8H14O2/c1-8-12-17-22-38(10-3)23-18-14-15-21-31-56-44(52)40-28-26-39(27-29-40)42(34-49(5,6)37-51)35-50(7,47(54)58-30-13-9-2)36-43(62-46(59)41-24-19-16-20-25-41)45(53)57-32-33-61-48(60)55-11-4;1-4-7-10-13-20(5-2)14-11-8-9-12-19-25-23(24)22-17-15-21(6-3)16-18-22;1-4-11-9(13)14-6-5-12-8(10)7(2)3;1-4-5-6-10-8(9)7(2)3/h16,19-20,24-29,38,42-43H,8-15,17-18,21-23,30-36H2,1-7H3;6,15-18,20H,3-5,7-14,19H2,1-2H3;2,4-6H2,1,3H3;2,4-6H2,1,3H3. The molecule has 111 heavy (non-hydrogen) atoms. The SMILES string of the molecule is C=C(C)C(=O)OCCCC.C=C(C)C(=O)OCCSC(=S)OCC.C=Cc1ccc(C(=O)OCCCCCCC(CC)CCCCC)cc1.CCCCCC(CC)CCCCCCOC(=O)c1ccc(C(CC(C)(C)C#N)CC(C)(CC(SC(=S)c2ccccc2)C(=O)OCCSC(=S)OCC)C(=O)OCCCC)cc1. The molecule has 3 aromatic carbocycles. The first-order valence-electron chi connectivity index (χ1n) is 40.6. The lowest BCUT2D eigenvalue weighted by Crippen LogP contribution is -2.38. The summed E-state index contributed by atoms with van der Waals surface area (Å²) in [6.07, 6.45) is 30.8. The van der Waals surface area contributed by atoms with Crippen LogP contribution in [0.3, 0.4) is 0 Å². The fraction of sp³-hybridized carbons (Fsp3) is 0.622. The number of ether oxygens (including phenoxy) is 8. The summed E-state index contributed by atoms with van der Waals surface area (Å²) in [5, 5.41) is 9.33. The molecule has 0 aliphatic rings. The molecule has 0 aliphatic heterocycles. The predicted octanol–water partition coefficient (Wildman–Crippen LogP) is 24.7. The van der Waals surface area contributed by atoms with Crippen LogP contribution in [0.25, 0.3) is 6.08 Å². The average Bonchev–Trinajstić information content (AvgIpc) is 0.800. The second-order valence-electron chi connectivity index (χ2n) is 28.7. The first-order valence-corrected chi connectivity index (χ1v) is 44.7. The van der Waals surface area contributed by atoms with E-state index < -0.39 is 28.0 Å². The van der Waals surface area contributed by atoms with E-state index in [2.05, 4.69) is 60.4 Å². The highest BCUT2D eigenvalue weighted by Gasteiger charge is 2.44. The number of thioether (sulfide) groups is 3. The van der Waals surface area contributed by atoms with E-state index in [1.54, 1.807) is 44.2 Å². The second kappa shape index (κ2) is 66.4. The molecule has 0 aliphatic carbocycles. The third-order valence-electron chi connectivity index (χ3n) is 18.2. The number of benzene rings is 3. The molecule has 0 heterocycles. The van der Waals surface area contributed by atoms with E-state index in [4.69, 9.17) is 74.5 Å². The van der Waals surface area contributed by atoms with Gasteiger partial charge in [-0.1, -0.05) is 298 Å². The number of carbonyl (C=O) groups excluding carboxylic acids is 6. The minimum atomic E-state index is -1.19. The molecular weight excluding hydrogens is 1510 g/mol. The van der Waals surface area contributed by atoms with Crippen molar-refractivity contribution in [3.63, 3.8) is 0 Å². The molecule has 0 N–H and O–H groups in total. The zero-order chi connectivity index (χ0) is 83.1. The van der Waals surface area contributed by atoms with Crippen LogP contribution in [0.1, 0.15) is 307 Å². The molecule has 622 valence electrons. The van der Waals surface area contributed by atoms with Gasteiger partial charge >= 0.3 is 35.8 Å². The Morgan fingerprint density at radius 1 is 0.477 bits per heavy atom. The van der Waals surface area contributed by atoms with Crippen molar-refractivity contribution in [2.45, 2.75) is 275 Å². The fourth-order valence-electron chi connectivity index (χ4n) is 11.5. The molecule has 15 nitrogen and oxygen atoms in total. The van der Waals surface area contributed by atoms with E-state index in [1.807, 2.05) is 96.1 Å². The van der Waals surface area contributed by atoms with E-state index in [1.165, 1.54) is 132 Å². The van der Waals surface area contributed by atoms with Crippen LogP contribution in [0.5, 0.6) is 0 Å². The highest BCUT2D eigenvalue weighted by atomic mass is 32.2. The molecule has 5 unspecified atom stereocenters. The minimum absolute atomic E-state index is 0.0744. The van der Waals surface area contributed by atoms with E-state index >= 15 is 0 Å². The van der Waals surface area contributed by atoms with Gasteiger partial charge in [0.2, 0.25) is 8.77 Å². The Morgan fingerprint density at radius 3 is 1.32 bits per heavy atom. The number of nitriles is 1. The summed E-state index contributed by atoms with van der Waals surface area (Å²) in [5.74, 6) is 0.261. The molecule has 0 fully saturated rings. The van der Waals surface area contributed by atoms with Crippen LogP contribution in [0.15, 0.2) is 110 Å². The van der Waals surface area contributed by atoms with Gasteiger partial charge in [-0.15, -0.1) is 0 Å². The highest BCUT2D eigenvalue weighted by molar-refractivity contribution is 8.24. The molecule has 5 atom stereocenters. The molecule has 0 aromatic heterocycles. The van der Waals surface area contributed by atoms with E-state index in [0.717, 1.165) is 79.9 Å². The highest BCUT2D eigenvalue weighted by Crippen LogP contribution is 2.45. The van der Waals surface area contributed by atoms with Crippen molar-refractivity contribution >= 4 is 127 Å². The van der Waals surface area contributed by atoms with Gasteiger partial charge in [0.15, 0.2) is 0 Å². The number of hydrogen-bond acceptors (Lipinski definition) is 21. The van der Waals surface area contributed by atoms with Gasteiger partial charge in [0, 0.05) is 22.7 Å². The Bertz CT molecular complexity index is 3170. The average molecular weight is 1650 g/mol. The van der Waals surface area contributed by atoms with Crippen LogP contribution in [0.4, 0.5) is 0 Å². The van der Waals surface area contributed by atoms with Crippen molar-refractivity contribution in [1.82, 2.24) is 0 Å². The number of esters is 6. The lowest BCUT2D eigenvalue weighted by Gasteiger charge is -2.35. The van der Waals surface area contributed by atoms with Crippen LogP contribution >= 0.6 is 71.9 Å². The smallest absolute Gasteiger partial charge is 0.338 e. The van der Waals surface area contributed by atoms with Gasteiger partial charge < -0.3 is 37.9 Å². The first-order chi connectivity index (χ1) is 53.2. The third kappa shape index (κ3) is 52.3. The number of nitrogens with zero attached hydrogens (tertiary/aromatic N) is 1. The second-order valence-corrected chi connectivity index (χ2v) is 34.0. The van der Waals surface area contributed by atoms with Crippen LogP contribution in [-0.2, 0) is 57.1 Å². The maximum Gasteiger partial charge on any atom is 0.338 e. The molecule has 0 amide bonds. The number of carbonyl (C=O) groups is 6. The van der Waals surface area contributed by atoms with Crippen molar-refractivity contribution in [3.05, 3.63) is 138 Å². The summed E-state index contributed by atoms with van der Waals surface area (Å²) in [7, 11) is 0. The zero-order valence-electron chi connectivity index (χ0n) is 69.8. The van der Waals surface area contributed by atoms with Gasteiger partial charge in [0.25, 0.3) is 0 Å². The van der Waals surface area contributed by atoms with E-state index in [-0.39, 0.29) is 55.9 Å². The van der Waals surface area contributed by atoms with Gasteiger partial charge in [0.05, 0.1) is 71.9 Å². The molecule has 0 radical (unpaired) electrons. The number of hydrogen-bond donors (Lipinski definition) is 0. The molecule has 3 aromatic rings. The molecule has 0 saturated heterocycles. The zero-order valence-corrected chi connectivity index (χ0v) is 74.7. The summed E-state index contributed by atoms with van der Waals surface area (Å²) >= 11 is 19.8. The van der Waals surface area contributed by atoms with Gasteiger partial charge in [-0.3, -0.25) is 9.59 Å². The van der Waals surface area contributed by atoms with Crippen LogP contribution in [-0.4, -0.2) is 118 Å². The molecule has 21 heteroatoms. The maximum absolute atomic E-state index is 14.3. The van der Waals surface area contributed by atoms with Crippen molar-refractivity contribution in [2.75, 3.05) is 64.4 Å². The lowest BCUT2D eigenvalue weighted by molar-refractivity contribution is -0.157. The molecule has 3 rings (SSSR count). The van der Waals surface area contributed by atoms with E-state index in [9.17, 15) is 34.0 Å².